The Balaban J connectivity index is 1.38. The molecule has 4 aromatic rings. The van der Waals surface area contributed by atoms with Crippen molar-refractivity contribution in [2.75, 3.05) is 6.61 Å². The van der Waals surface area contributed by atoms with Gasteiger partial charge in [-0.25, -0.2) is 9.37 Å². The fraction of sp³-hybridized carbons (Fsp3) is 0.217. The fourth-order valence-corrected chi connectivity index (χ4v) is 4.44. The Morgan fingerprint density at radius 1 is 1.19 bits per heavy atom. The summed E-state index contributed by atoms with van der Waals surface area (Å²) in [6.45, 7) is 6.11. The molecule has 2 aromatic carbocycles. The molecule has 4 rings (SSSR count). The van der Waals surface area contributed by atoms with Gasteiger partial charge in [0, 0.05) is 27.4 Å². The Kier molecular flexibility index (Phi) is 5.98. The van der Waals surface area contributed by atoms with Gasteiger partial charge in [0.2, 0.25) is 0 Å². The zero-order valence-corrected chi connectivity index (χ0v) is 18.9. The predicted molar refractivity (Wildman–Crippen MR) is 121 cm³/mol. The predicted octanol–water partition coefficient (Wildman–Crippen LogP) is 5.48. The number of nitrogens with zero attached hydrogens (tertiary/aromatic N) is 2. The zero-order chi connectivity index (χ0) is 22.1. The molecule has 0 atom stereocenters. The summed E-state index contributed by atoms with van der Waals surface area (Å²) >= 11 is 7.68. The number of hydrogen-bond donors (Lipinski definition) is 1. The van der Waals surface area contributed by atoms with E-state index in [0.29, 0.717) is 17.3 Å². The van der Waals surface area contributed by atoms with Gasteiger partial charge in [-0.05, 0) is 68.3 Å². The van der Waals surface area contributed by atoms with Crippen molar-refractivity contribution in [1.29, 1.82) is 0 Å². The van der Waals surface area contributed by atoms with Crippen molar-refractivity contribution in [3.05, 3.63) is 75.1 Å². The topological polar surface area (TPSA) is 55.6 Å². The molecule has 0 fully saturated rings. The van der Waals surface area contributed by atoms with Crippen LogP contribution in [0.5, 0.6) is 5.75 Å². The number of thiazole rings is 1. The largest absolute Gasteiger partial charge is 0.484 e. The monoisotopic (exact) mass is 457 g/mol. The van der Waals surface area contributed by atoms with Crippen molar-refractivity contribution < 1.29 is 13.9 Å². The van der Waals surface area contributed by atoms with Gasteiger partial charge in [0.1, 0.15) is 11.6 Å². The second-order valence-corrected chi connectivity index (χ2v) is 8.77. The van der Waals surface area contributed by atoms with Crippen molar-refractivity contribution in [2.24, 2.45) is 0 Å². The van der Waals surface area contributed by atoms with Crippen LogP contribution in [0.15, 0.2) is 42.6 Å². The first-order valence-electron chi connectivity index (χ1n) is 9.71. The normalized spacial score (nSPS) is 11.1. The number of carbonyl (C=O) groups is 1. The van der Waals surface area contributed by atoms with Crippen LogP contribution in [0.4, 0.5) is 4.39 Å². The molecule has 2 heterocycles. The van der Waals surface area contributed by atoms with Crippen molar-refractivity contribution in [3.8, 4) is 17.0 Å². The number of aryl methyl sites for hydroxylation is 3. The maximum Gasteiger partial charge on any atom is 0.258 e. The second-order valence-electron chi connectivity index (χ2n) is 7.33. The van der Waals surface area contributed by atoms with Gasteiger partial charge in [0.05, 0.1) is 12.2 Å². The molecule has 0 radical (unpaired) electrons. The van der Waals surface area contributed by atoms with E-state index in [1.165, 1.54) is 23.5 Å². The molecule has 160 valence electrons. The third-order valence-corrected chi connectivity index (χ3v) is 6.77. The number of rotatable bonds is 6. The minimum atomic E-state index is -0.274. The summed E-state index contributed by atoms with van der Waals surface area (Å²) < 4.78 is 20.7. The van der Waals surface area contributed by atoms with E-state index in [0.717, 1.165) is 37.9 Å². The van der Waals surface area contributed by atoms with Gasteiger partial charge in [0.25, 0.3) is 5.91 Å². The van der Waals surface area contributed by atoms with Gasteiger partial charge in [-0.3, -0.25) is 9.20 Å². The Morgan fingerprint density at radius 2 is 1.87 bits per heavy atom. The minimum Gasteiger partial charge on any atom is -0.484 e. The Morgan fingerprint density at radius 3 is 2.52 bits per heavy atom. The highest BCUT2D eigenvalue weighted by atomic mass is 35.5. The van der Waals surface area contributed by atoms with Crippen molar-refractivity contribution in [2.45, 2.75) is 27.3 Å². The Bertz CT molecular complexity index is 1240. The molecule has 0 unspecified atom stereocenters. The van der Waals surface area contributed by atoms with Crippen LogP contribution in [0.25, 0.3) is 16.2 Å². The summed E-state index contributed by atoms with van der Waals surface area (Å²) in [6, 6.07) is 9.90. The standard InChI is InChI=1S/C23H21ClFN3O2S/c1-13-8-18(9-14(2)22(13)24)30-12-21(29)26-10-20-15(3)28-11-19(27-23(28)31-20)16-4-6-17(25)7-5-16/h4-9,11H,10,12H2,1-3H3,(H,26,29). The van der Waals surface area contributed by atoms with Crippen LogP contribution < -0.4 is 10.1 Å². The highest BCUT2D eigenvalue weighted by molar-refractivity contribution is 7.17. The molecule has 5 nitrogen and oxygen atoms in total. The van der Waals surface area contributed by atoms with Crippen LogP contribution in [-0.4, -0.2) is 21.9 Å². The molecule has 1 amide bonds. The van der Waals surface area contributed by atoms with E-state index in [-0.39, 0.29) is 18.3 Å². The number of carbonyl (C=O) groups excluding carboxylic acids is 1. The number of fused-ring (bicyclic) bond motifs is 1. The lowest BCUT2D eigenvalue weighted by atomic mass is 10.1. The Labute approximate surface area is 188 Å². The zero-order valence-electron chi connectivity index (χ0n) is 17.3. The average molecular weight is 458 g/mol. The summed E-state index contributed by atoms with van der Waals surface area (Å²) in [5, 5.41) is 3.60. The summed E-state index contributed by atoms with van der Waals surface area (Å²) in [4.78, 5) is 18.7. The van der Waals surface area contributed by atoms with Gasteiger partial charge in [-0.15, -0.1) is 0 Å². The molecular weight excluding hydrogens is 437 g/mol. The lowest BCUT2D eigenvalue weighted by molar-refractivity contribution is -0.123. The molecule has 0 spiro atoms. The number of imidazole rings is 1. The Hall–Kier alpha value is -2.90. The number of benzene rings is 2. The molecule has 0 saturated carbocycles. The molecule has 0 aliphatic carbocycles. The summed E-state index contributed by atoms with van der Waals surface area (Å²) in [7, 11) is 0. The van der Waals surface area contributed by atoms with Crippen molar-refractivity contribution in [3.63, 3.8) is 0 Å². The third-order valence-electron chi connectivity index (χ3n) is 5.02. The highest BCUT2D eigenvalue weighted by Gasteiger charge is 2.14. The molecule has 2 aromatic heterocycles. The lowest BCUT2D eigenvalue weighted by Crippen LogP contribution is -2.28. The maximum atomic E-state index is 13.1. The van der Waals surface area contributed by atoms with Crippen LogP contribution in [0.1, 0.15) is 21.7 Å². The first-order valence-corrected chi connectivity index (χ1v) is 10.9. The van der Waals surface area contributed by atoms with E-state index in [9.17, 15) is 9.18 Å². The molecule has 0 saturated heterocycles. The van der Waals surface area contributed by atoms with E-state index in [1.807, 2.05) is 43.5 Å². The molecule has 0 aliphatic heterocycles. The van der Waals surface area contributed by atoms with Crippen LogP contribution in [0.2, 0.25) is 5.02 Å². The van der Waals surface area contributed by atoms with Gasteiger partial charge < -0.3 is 10.1 Å². The number of hydrogen-bond acceptors (Lipinski definition) is 4. The first kappa shape index (κ1) is 21.3. The van der Waals surface area contributed by atoms with E-state index in [4.69, 9.17) is 16.3 Å². The number of amides is 1. The second kappa shape index (κ2) is 8.69. The summed E-state index contributed by atoms with van der Waals surface area (Å²) in [5.74, 6) is 0.139. The van der Waals surface area contributed by atoms with Crippen LogP contribution in [0, 0.1) is 26.6 Å². The van der Waals surface area contributed by atoms with E-state index < -0.39 is 0 Å². The molecule has 8 heteroatoms. The van der Waals surface area contributed by atoms with E-state index in [1.54, 1.807) is 12.1 Å². The number of nitrogens with one attached hydrogen (secondary N) is 1. The lowest BCUT2D eigenvalue weighted by Gasteiger charge is -2.10. The quantitative estimate of drug-likeness (QED) is 0.417. The molecule has 1 N–H and O–H groups in total. The molecule has 31 heavy (non-hydrogen) atoms. The van der Waals surface area contributed by atoms with Gasteiger partial charge >= 0.3 is 0 Å². The van der Waals surface area contributed by atoms with Gasteiger partial charge in [-0.2, -0.15) is 0 Å². The SMILES string of the molecule is Cc1cc(OCC(=O)NCc2sc3nc(-c4ccc(F)cc4)cn3c2C)cc(C)c1Cl. The van der Waals surface area contributed by atoms with Crippen molar-refractivity contribution >= 4 is 33.8 Å². The highest BCUT2D eigenvalue weighted by Crippen LogP contribution is 2.28. The first-order chi connectivity index (χ1) is 14.8. The number of ether oxygens (including phenoxy) is 1. The van der Waals surface area contributed by atoms with Crippen LogP contribution >= 0.6 is 22.9 Å². The smallest absolute Gasteiger partial charge is 0.258 e. The van der Waals surface area contributed by atoms with E-state index >= 15 is 0 Å². The minimum absolute atomic E-state index is 0.0726. The van der Waals surface area contributed by atoms with Crippen LogP contribution in [0.3, 0.4) is 0 Å². The number of halogens is 2. The van der Waals surface area contributed by atoms with E-state index in [2.05, 4.69) is 10.3 Å². The molecule has 0 aliphatic rings. The van der Waals surface area contributed by atoms with Crippen molar-refractivity contribution in [1.82, 2.24) is 14.7 Å². The summed E-state index contributed by atoms with van der Waals surface area (Å²) in [6.07, 6.45) is 1.92. The third kappa shape index (κ3) is 4.57. The van der Waals surface area contributed by atoms with Gasteiger partial charge in [0.15, 0.2) is 11.6 Å². The maximum absolute atomic E-state index is 13.1. The molecular formula is C23H21ClFN3O2S. The van der Waals surface area contributed by atoms with Gasteiger partial charge in [-0.1, -0.05) is 22.9 Å². The van der Waals surface area contributed by atoms with Crippen LogP contribution in [-0.2, 0) is 11.3 Å². The number of aromatic nitrogens is 2. The average Bonchev–Trinajstić information content (AvgIpc) is 3.28. The molecule has 0 bridgehead atoms. The fourth-order valence-electron chi connectivity index (χ4n) is 3.29. The summed E-state index contributed by atoms with van der Waals surface area (Å²) in [5.41, 5.74) is 4.47.